The van der Waals surface area contributed by atoms with Crippen LogP contribution < -0.4 is 0 Å². The molecule has 5 atom stereocenters. The molecule has 1 aliphatic carbocycles. The zero-order valence-electron chi connectivity index (χ0n) is 19.2. The first-order valence-corrected chi connectivity index (χ1v) is 13.9. The minimum Gasteiger partial charge on any atom is -0.462 e. The van der Waals surface area contributed by atoms with Crippen molar-refractivity contribution in [2.45, 2.75) is 110 Å². The van der Waals surface area contributed by atoms with Crippen molar-refractivity contribution >= 4 is 20.3 Å². The van der Waals surface area contributed by atoms with Crippen molar-refractivity contribution in [1.82, 2.24) is 0 Å². The van der Waals surface area contributed by atoms with Gasteiger partial charge in [-0.05, 0) is 24.6 Å². The first-order valence-electron chi connectivity index (χ1n) is 11.0. The Labute approximate surface area is 177 Å². The summed E-state index contributed by atoms with van der Waals surface area (Å²) in [7, 11) is -2.04. The maximum atomic E-state index is 11.9. The number of carbonyl (C=O) groups is 2. The fourth-order valence-corrected chi connectivity index (χ4v) is 5.38. The third-order valence-corrected chi connectivity index (χ3v) is 11.1. The van der Waals surface area contributed by atoms with Gasteiger partial charge in [0.2, 0.25) is 0 Å². The summed E-state index contributed by atoms with van der Waals surface area (Å²) < 4.78 is 18.0. The summed E-state index contributed by atoms with van der Waals surface area (Å²) in [6.07, 6.45) is 4.27. The van der Waals surface area contributed by atoms with Crippen molar-refractivity contribution in [2.24, 2.45) is 11.8 Å². The van der Waals surface area contributed by atoms with Gasteiger partial charge in [0.1, 0.15) is 6.10 Å². The number of unbranched alkanes of at least 4 members (excludes halogenated alkanes) is 3. The second kappa shape index (κ2) is 9.66. The summed E-state index contributed by atoms with van der Waals surface area (Å²) >= 11 is 0. The molecule has 5 nitrogen and oxygen atoms in total. The third kappa shape index (κ3) is 6.08. The van der Waals surface area contributed by atoms with Crippen LogP contribution in [0.2, 0.25) is 18.1 Å². The van der Waals surface area contributed by atoms with Crippen molar-refractivity contribution in [3.8, 4) is 11.8 Å². The van der Waals surface area contributed by atoms with E-state index in [1.807, 2.05) is 0 Å². The van der Waals surface area contributed by atoms with Crippen molar-refractivity contribution in [3.05, 3.63) is 0 Å². The molecule has 0 aromatic carbocycles. The largest absolute Gasteiger partial charge is 0.462 e. The summed E-state index contributed by atoms with van der Waals surface area (Å²) in [5.74, 6) is 5.75. The van der Waals surface area contributed by atoms with Crippen LogP contribution in [-0.2, 0) is 23.5 Å². The first-order chi connectivity index (χ1) is 13.5. The molecule has 6 heteroatoms. The highest BCUT2D eigenvalue weighted by atomic mass is 28.4. The number of carbonyl (C=O) groups excluding carboxylic acids is 2. The summed E-state index contributed by atoms with van der Waals surface area (Å²) in [5.41, 5.74) is 0. The molecule has 1 saturated heterocycles. The maximum absolute atomic E-state index is 11.9. The van der Waals surface area contributed by atoms with Crippen molar-refractivity contribution in [2.75, 3.05) is 0 Å². The molecule has 1 unspecified atom stereocenters. The molecule has 0 aromatic heterocycles. The summed E-state index contributed by atoms with van der Waals surface area (Å²) in [4.78, 5) is 23.8. The lowest BCUT2D eigenvalue weighted by molar-refractivity contribution is -0.147. The van der Waals surface area contributed by atoms with E-state index in [-0.39, 0.29) is 41.0 Å². The molecule has 2 rings (SSSR count). The number of rotatable bonds is 7. The molecule has 0 aromatic rings. The van der Waals surface area contributed by atoms with Gasteiger partial charge in [-0.25, -0.2) is 0 Å². The van der Waals surface area contributed by atoms with Gasteiger partial charge < -0.3 is 13.9 Å². The summed E-state index contributed by atoms with van der Waals surface area (Å²) in [5, 5.41) is 0.0642. The molecule has 2 aliphatic rings. The molecule has 164 valence electrons. The Morgan fingerprint density at radius 1 is 1.31 bits per heavy atom. The minimum absolute atomic E-state index is 0.00781. The predicted molar refractivity (Wildman–Crippen MR) is 116 cm³/mol. The molecule has 0 radical (unpaired) electrons. The van der Waals surface area contributed by atoms with Crippen LogP contribution >= 0.6 is 0 Å². The van der Waals surface area contributed by atoms with E-state index in [1.165, 1.54) is 6.92 Å². The van der Waals surface area contributed by atoms with E-state index in [1.54, 1.807) is 0 Å². The van der Waals surface area contributed by atoms with E-state index < -0.39 is 14.4 Å². The van der Waals surface area contributed by atoms with Gasteiger partial charge in [0, 0.05) is 31.6 Å². The molecule has 2 fully saturated rings. The number of ether oxygens (including phenoxy) is 2. The van der Waals surface area contributed by atoms with E-state index in [0.29, 0.717) is 12.8 Å². The third-order valence-electron chi connectivity index (χ3n) is 6.60. The highest BCUT2D eigenvalue weighted by Crippen LogP contribution is 2.48. The van der Waals surface area contributed by atoms with Crippen LogP contribution in [0.4, 0.5) is 0 Å². The van der Waals surface area contributed by atoms with Crippen LogP contribution in [-0.4, -0.2) is 38.6 Å². The Morgan fingerprint density at radius 3 is 2.59 bits per heavy atom. The number of esters is 2. The highest BCUT2D eigenvalue weighted by Gasteiger charge is 2.56. The molecular formula is C23H38O5Si. The van der Waals surface area contributed by atoms with E-state index in [9.17, 15) is 9.59 Å². The number of hydrogen-bond donors (Lipinski definition) is 0. The number of fused-ring (bicyclic) bond motifs is 1. The van der Waals surface area contributed by atoms with Crippen LogP contribution in [0.15, 0.2) is 0 Å². The smallest absolute Gasteiger partial charge is 0.306 e. The Hall–Kier alpha value is -1.32. The zero-order valence-corrected chi connectivity index (χ0v) is 20.2. The van der Waals surface area contributed by atoms with Gasteiger partial charge in [-0.1, -0.05) is 52.4 Å². The topological polar surface area (TPSA) is 61.8 Å². The predicted octanol–water partition coefficient (Wildman–Crippen LogP) is 4.84. The van der Waals surface area contributed by atoms with Gasteiger partial charge in [0.05, 0.1) is 12.5 Å². The van der Waals surface area contributed by atoms with Crippen LogP contribution in [0.25, 0.3) is 0 Å². The number of hydrogen-bond acceptors (Lipinski definition) is 5. The Balaban J connectivity index is 2.28. The molecule has 29 heavy (non-hydrogen) atoms. The molecule has 0 amide bonds. The van der Waals surface area contributed by atoms with Crippen LogP contribution in [0.3, 0.4) is 0 Å². The molecule has 0 bridgehead atoms. The van der Waals surface area contributed by atoms with E-state index >= 15 is 0 Å². The lowest BCUT2D eigenvalue weighted by Gasteiger charge is -2.40. The van der Waals surface area contributed by atoms with Crippen molar-refractivity contribution in [1.29, 1.82) is 0 Å². The van der Waals surface area contributed by atoms with Gasteiger partial charge in [0.15, 0.2) is 14.4 Å². The Morgan fingerprint density at radius 2 is 2.00 bits per heavy atom. The molecule has 1 aliphatic heterocycles. The fraction of sp³-hybridized carbons (Fsp3) is 0.826. The monoisotopic (exact) mass is 422 g/mol. The molecule has 1 heterocycles. The maximum Gasteiger partial charge on any atom is 0.306 e. The fourth-order valence-electron chi connectivity index (χ4n) is 4.02. The minimum atomic E-state index is -2.04. The lowest BCUT2D eigenvalue weighted by Crippen LogP contribution is -2.47. The van der Waals surface area contributed by atoms with Gasteiger partial charge in [-0.3, -0.25) is 9.59 Å². The van der Waals surface area contributed by atoms with Crippen molar-refractivity contribution in [3.63, 3.8) is 0 Å². The van der Waals surface area contributed by atoms with Gasteiger partial charge in [0.25, 0.3) is 0 Å². The first kappa shape index (κ1) is 24.0. The normalized spacial score (nSPS) is 27.6. The second-order valence-electron chi connectivity index (χ2n) is 9.93. The van der Waals surface area contributed by atoms with E-state index in [2.05, 4.69) is 52.6 Å². The van der Waals surface area contributed by atoms with E-state index in [4.69, 9.17) is 13.9 Å². The van der Waals surface area contributed by atoms with Gasteiger partial charge >= 0.3 is 11.9 Å². The average molecular weight is 423 g/mol. The standard InChI is InChI=1S/C23H38O5Si/c1-8-9-10-11-12-13-18(26-16(2)24)22-17-14-21(25)27-19(17)15-20(22)28-29(6,7)23(3,4)5/h17-20,22H,8-11,14-15H2,1-7H3/t17-,18?,19-,20+,22-/m0/s1. The summed E-state index contributed by atoms with van der Waals surface area (Å²) in [6.45, 7) is 14.7. The molecular weight excluding hydrogens is 384 g/mol. The molecule has 0 spiro atoms. The quantitative estimate of drug-likeness (QED) is 0.254. The van der Waals surface area contributed by atoms with Crippen LogP contribution in [0.1, 0.15) is 73.1 Å². The van der Waals surface area contributed by atoms with Gasteiger partial charge in [-0.2, -0.15) is 0 Å². The SMILES string of the molecule is CCCCCC#CC(OC(C)=O)[C@@H]1[C@H]2CC(=O)O[C@H]2C[C@H]1O[Si](C)(C)C(C)(C)C. The van der Waals surface area contributed by atoms with Crippen LogP contribution in [0.5, 0.6) is 0 Å². The van der Waals surface area contributed by atoms with Crippen LogP contribution in [0, 0.1) is 23.7 Å². The Bertz CT molecular complexity index is 654. The summed E-state index contributed by atoms with van der Waals surface area (Å²) in [6, 6.07) is 0. The van der Waals surface area contributed by atoms with Crippen molar-refractivity contribution < 1.29 is 23.5 Å². The molecule has 0 N–H and O–H groups in total. The second-order valence-corrected chi connectivity index (χ2v) is 14.7. The Kier molecular flexibility index (Phi) is 7.98. The van der Waals surface area contributed by atoms with E-state index in [0.717, 1.165) is 25.7 Å². The zero-order chi connectivity index (χ0) is 21.8. The average Bonchev–Trinajstić information content (AvgIpc) is 3.07. The lowest BCUT2D eigenvalue weighted by atomic mass is 9.87. The molecule has 1 saturated carbocycles. The highest BCUT2D eigenvalue weighted by molar-refractivity contribution is 6.74. The van der Waals surface area contributed by atoms with Gasteiger partial charge in [-0.15, -0.1) is 0 Å².